The second kappa shape index (κ2) is 6.33. The lowest BCUT2D eigenvalue weighted by atomic mass is 10.1. The van der Waals surface area contributed by atoms with Crippen LogP contribution >= 0.6 is 11.8 Å². The maximum atomic E-state index is 5.87. The molecule has 0 atom stereocenters. The Hall–Kier alpha value is -0.450. The van der Waals surface area contributed by atoms with Gasteiger partial charge in [0.05, 0.1) is 6.54 Å². The lowest BCUT2D eigenvalue weighted by Gasteiger charge is -2.22. The lowest BCUT2D eigenvalue weighted by molar-refractivity contribution is 0.251. The normalized spacial score (nSPS) is 20.4. The molecule has 2 rings (SSSR count). The van der Waals surface area contributed by atoms with Gasteiger partial charge in [0.15, 0.2) is 0 Å². The third kappa shape index (κ3) is 4.26. The van der Waals surface area contributed by atoms with Gasteiger partial charge in [-0.15, -0.1) is 0 Å². The number of aryl methyl sites for hydroxylation is 1. The maximum absolute atomic E-state index is 5.87. The summed E-state index contributed by atoms with van der Waals surface area (Å²) in [6.07, 6.45) is 1.25. The molecule has 2 heterocycles. The third-order valence-electron chi connectivity index (χ3n) is 3.75. The highest BCUT2D eigenvalue weighted by Crippen LogP contribution is 2.31. The van der Waals surface area contributed by atoms with Crippen molar-refractivity contribution in [2.24, 2.45) is 0 Å². The van der Waals surface area contributed by atoms with Crippen molar-refractivity contribution < 1.29 is 4.42 Å². The zero-order chi connectivity index (χ0) is 13.9. The Morgan fingerprint density at radius 1 is 1.42 bits per heavy atom. The van der Waals surface area contributed by atoms with Crippen molar-refractivity contribution in [3.8, 4) is 0 Å². The summed E-state index contributed by atoms with van der Waals surface area (Å²) in [6.45, 7) is 10.9. The topological polar surface area (TPSA) is 28.4 Å². The van der Waals surface area contributed by atoms with Gasteiger partial charge in [-0.25, -0.2) is 0 Å². The van der Waals surface area contributed by atoms with Crippen LogP contribution in [0.3, 0.4) is 0 Å². The molecule has 0 unspecified atom stereocenters. The summed E-state index contributed by atoms with van der Waals surface area (Å²) >= 11 is 2.09. The monoisotopic (exact) mass is 282 g/mol. The molecule has 1 aliphatic heterocycles. The highest BCUT2D eigenvalue weighted by Gasteiger charge is 2.24. The molecule has 0 radical (unpaired) electrons. The zero-order valence-corrected chi connectivity index (χ0v) is 13.4. The summed E-state index contributed by atoms with van der Waals surface area (Å²) in [7, 11) is 1.97. The van der Waals surface area contributed by atoms with E-state index in [-0.39, 0.29) is 0 Å². The molecule has 1 aromatic rings. The molecule has 0 amide bonds. The van der Waals surface area contributed by atoms with Gasteiger partial charge in [-0.2, -0.15) is 11.8 Å². The molecule has 1 aliphatic rings. The summed E-state index contributed by atoms with van der Waals surface area (Å²) in [5.74, 6) is 3.37. The van der Waals surface area contributed by atoms with Gasteiger partial charge < -0.3 is 9.73 Å². The van der Waals surface area contributed by atoms with E-state index in [1.165, 1.54) is 24.3 Å². The summed E-state index contributed by atoms with van der Waals surface area (Å²) in [5.41, 5.74) is 1.28. The molecule has 3 nitrogen and oxygen atoms in total. The number of thioether (sulfide) groups is 1. The first-order valence-electron chi connectivity index (χ1n) is 7.09. The van der Waals surface area contributed by atoms with Crippen molar-refractivity contribution in [3.05, 3.63) is 23.2 Å². The second-order valence-corrected chi connectivity index (χ2v) is 7.76. The molecule has 4 heteroatoms. The third-order valence-corrected chi connectivity index (χ3v) is 5.12. The fraction of sp³-hybridized carbons (Fsp3) is 0.733. The van der Waals surface area contributed by atoms with E-state index in [9.17, 15) is 0 Å². The van der Waals surface area contributed by atoms with Gasteiger partial charge >= 0.3 is 0 Å². The predicted molar refractivity (Wildman–Crippen MR) is 82.6 cm³/mol. The molecule has 19 heavy (non-hydrogen) atoms. The van der Waals surface area contributed by atoms with Crippen molar-refractivity contribution in [2.75, 3.05) is 25.9 Å². The van der Waals surface area contributed by atoms with Gasteiger partial charge in [0, 0.05) is 29.2 Å². The smallest absolute Gasteiger partial charge is 0.118 e. The molecule has 0 spiro atoms. The summed E-state index contributed by atoms with van der Waals surface area (Å²) < 4.78 is 6.30. The largest absolute Gasteiger partial charge is 0.465 e. The van der Waals surface area contributed by atoms with Crippen LogP contribution in [0.5, 0.6) is 0 Å². The minimum absolute atomic E-state index is 0.422. The molecule has 0 aliphatic carbocycles. The highest BCUT2D eigenvalue weighted by atomic mass is 32.2. The first-order valence-corrected chi connectivity index (χ1v) is 8.08. The molecule has 1 saturated heterocycles. The van der Waals surface area contributed by atoms with Gasteiger partial charge in [0.2, 0.25) is 0 Å². The molecular weight excluding hydrogens is 256 g/mol. The van der Waals surface area contributed by atoms with Crippen LogP contribution in [-0.4, -0.2) is 35.5 Å². The van der Waals surface area contributed by atoms with E-state index < -0.39 is 0 Å². The Morgan fingerprint density at radius 3 is 2.95 bits per heavy atom. The fourth-order valence-electron chi connectivity index (χ4n) is 2.47. The van der Waals surface area contributed by atoms with E-state index >= 15 is 0 Å². The molecule has 0 saturated carbocycles. The molecule has 1 aromatic heterocycles. The van der Waals surface area contributed by atoms with Gasteiger partial charge in [-0.1, -0.05) is 13.8 Å². The molecule has 1 N–H and O–H groups in total. The number of hydrogen-bond acceptors (Lipinski definition) is 4. The van der Waals surface area contributed by atoms with Crippen molar-refractivity contribution in [1.82, 2.24) is 10.2 Å². The van der Waals surface area contributed by atoms with Crippen LogP contribution in [0.1, 0.15) is 37.4 Å². The molecule has 1 fully saturated rings. The van der Waals surface area contributed by atoms with Crippen LogP contribution in [0.15, 0.2) is 10.5 Å². The van der Waals surface area contributed by atoms with E-state index in [1.54, 1.807) is 0 Å². The Kier molecular flexibility index (Phi) is 4.98. The molecule has 0 bridgehead atoms. The number of furan rings is 1. The SMILES string of the molecule is CNCc1cc(CN2CCSC(C)(C)CC2)oc1C. The number of hydrogen-bond donors (Lipinski definition) is 1. The Balaban J connectivity index is 1.95. The van der Waals surface area contributed by atoms with Gasteiger partial charge in [-0.05, 0) is 33.0 Å². The van der Waals surface area contributed by atoms with Crippen molar-refractivity contribution >= 4 is 11.8 Å². The quantitative estimate of drug-likeness (QED) is 0.919. The fourth-order valence-corrected chi connectivity index (χ4v) is 3.61. The summed E-state index contributed by atoms with van der Waals surface area (Å²) in [5, 5.41) is 3.19. The summed E-state index contributed by atoms with van der Waals surface area (Å²) in [4.78, 5) is 2.52. The zero-order valence-electron chi connectivity index (χ0n) is 12.6. The minimum Gasteiger partial charge on any atom is -0.465 e. The average Bonchev–Trinajstić information content (AvgIpc) is 2.57. The second-order valence-electron chi connectivity index (χ2n) is 5.96. The van der Waals surface area contributed by atoms with Gasteiger partial charge in [0.1, 0.15) is 11.5 Å². The van der Waals surface area contributed by atoms with Gasteiger partial charge in [0.25, 0.3) is 0 Å². The Bertz CT molecular complexity index is 414. The van der Waals surface area contributed by atoms with E-state index in [4.69, 9.17) is 4.42 Å². The minimum atomic E-state index is 0.422. The van der Waals surface area contributed by atoms with E-state index in [2.05, 4.69) is 48.8 Å². The lowest BCUT2D eigenvalue weighted by Crippen LogP contribution is -2.26. The van der Waals surface area contributed by atoms with Crippen LogP contribution in [0.25, 0.3) is 0 Å². The van der Waals surface area contributed by atoms with E-state index in [0.29, 0.717) is 4.75 Å². The standard InChI is InChI=1S/C15H26N2OS/c1-12-13(10-16-4)9-14(18-12)11-17-6-5-15(2,3)19-8-7-17/h9,16H,5-8,10-11H2,1-4H3. The number of nitrogens with one attached hydrogen (secondary N) is 1. The maximum Gasteiger partial charge on any atom is 0.118 e. The Labute approximate surface area is 121 Å². The van der Waals surface area contributed by atoms with E-state index in [0.717, 1.165) is 31.2 Å². The van der Waals surface area contributed by atoms with Crippen LogP contribution in [0, 0.1) is 6.92 Å². The van der Waals surface area contributed by atoms with Crippen LogP contribution in [0.4, 0.5) is 0 Å². The van der Waals surface area contributed by atoms with Crippen molar-refractivity contribution in [2.45, 2.75) is 45.0 Å². The summed E-state index contributed by atoms with van der Waals surface area (Å²) in [6, 6.07) is 2.20. The van der Waals surface area contributed by atoms with Crippen molar-refractivity contribution in [3.63, 3.8) is 0 Å². The Morgan fingerprint density at radius 2 is 2.21 bits per heavy atom. The molecule has 0 aromatic carbocycles. The first-order chi connectivity index (χ1) is 9.00. The number of rotatable bonds is 4. The molecular formula is C15H26N2OS. The van der Waals surface area contributed by atoms with Crippen LogP contribution < -0.4 is 5.32 Å². The van der Waals surface area contributed by atoms with Crippen molar-refractivity contribution in [1.29, 1.82) is 0 Å². The highest BCUT2D eigenvalue weighted by molar-refractivity contribution is 8.00. The molecule has 108 valence electrons. The van der Waals surface area contributed by atoms with Gasteiger partial charge in [-0.3, -0.25) is 4.90 Å². The number of nitrogens with zero attached hydrogens (tertiary/aromatic N) is 1. The van der Waals surface area contributed by atoms with Crippen LogP contribution in [0.2, 0.25) is 0 Å². The predicted octanol–water partition coefficient (Wildman–Crippen LogP) is 3.02. The average molecular weight is 282 g/mol. The van der Waals surface area contributed by atoms with Crippen LogP contribution in [-0.2, 0) is 13.1 Å². The first kappa shape index (κ1) is 14.9. The van der Waals surface area contributed by atoms with E-state index in [1.807, 2.05) is 7.05 Å².